The SMILES string of the molecule is NC(=O)c1ccc(N2CCC(NC(=O)Nc3ccc(F)cc3)C2)c([N+](=O)[O-])c1. The number of nitrogens with zero attached hydrogens (tertiary/aromatic N) is 2. The van der Waals surface area contributed by atoms with Gasteiger partial charge in [0.25, 0.3) is 5.69 Å². The Hall–Kier alpha value is -3.69. The van der Waals surface area contributed by atoms with Crippen molar-refractivity contribution in [2.75, 3.05) is 23.3 Å². The zero-order valence-corrected chi connectivity index (χ0v) is 14.7. The molecule has 1 saturated heterocycles. The number of nitrogens with two attached hydrogens (primary N) is 1. The van der Waals surface area contributed by atoms with E-state index < -0.39 is 22.7 Å². The number of nitro benzene ring substituents is 1. The van der Waals surface area contributed by atoms with E-state index in [9.17, 15) is 24.1 Å². The molecular formula is C18H18FN5O4. The molecule has 1 fully saturated rings. The van der Waals surface area contributed by atoms with Crippen molar-refractivity contribution >= 4 is 29.0 Å². The monoisotopic (exact) mass is 387 g/mol. The van der Waals surface area contributed by atoms with Gasteiger partial charge in [0.1, 0.15) is 11.5 Å². The van der Waals surface area contributed by atoms with Gasteiger partial charge in [-0.3, -0.25) is 14.9 Å². The molecule has 0 saturated carbocycles. The first kappa shape index (κ1) is 19.1. The van der Waals surface area contributed by atoms with Crippen LogP contribution >= 0.6 is 0 Å². The molecule has 146 valence electrons. The number of hydrogen-bond acceptors (Lipinski definition) is 5. The van der Waals surface area contributed by atoms with Crippen LogP contribution in [-0.4, -0.2) is 36.0 Å². The Morgan fingerprint density at radius 3 is 2.57 bits per heavy atom. The molecule has 2 aromatic rings. The van der Waals surface area contributed by atoms with Gasteiger partial charge in [0.15, 0.2) is 0 Å². The number of halogens is 1. The predicted molar refractivity (Wildman–Crippen MR) is 101 cm³/mol. The van der Waals surface area contributed by atoms with E-state index >= 15 is 0 Å². The summed E-state index contributed by atoms with van der Waals surface area (Å²) in [6.45, 7) is 0.867. The lowest BCUT2D eigenvalue weighted by Crippen LogP contribution is -2.39. The lowest BCUT2D eigenvalue weighted by Gasteiger charge is -2.19. The van der Waals surface area contributed by atoms with Crippen LogP contribution in [0.1, 0.15) is 16.8 Å². The Morgan fingerprint density at radius 2 is 1.93 bits per heavy atom. The molecule has 1 aliphatic heterocycles. The molecule has 3 amide bonds. The van der Waals surface area contributed by atoms with Crippen molar-refractivity contribution in [1.82, 2.24) is 5.32 Å². The van der Waals surface area contributed by atoms with Crippen LogP contribution in [0.25, 0.3) is 0 Å². The van der Waals surface area contributed by atoms with Crippen LogP contribution in [0.15, 0.2) is 42.5 Å². The second-order valence-corrected chi connectivity index (χ2v) is 6.36. The topological polar surface area (TPSA) is 131 Å². The summed E-state index contributed by atoms with van der Waals surface area (Å²) in [7, 11) is 0. The van der Waals surface area contributed by atoms with E-state index in [2.05, 4.69) is 10.6 Å². The largest absolute Gasteiger partial charge is 0.366 e. The number of nitrogens with one attached hydrogen (secondary N) is 2. The third-order valence-electron chi connectivity index (χ3n) is 4.42. The van der Waals surface area contributed by atoms with Crippen molar-refractivity contribution in [3.8, 4) is 0 Å². The summed E-state index contributed by atoms with van der Waals surface area (Å²) in [5.41, 5.74) is 5.84. The van der Waals surface area contributed by atoms with E-state index in [0.29, 0.717) is 30.9 Å². The maximum atomic E-state index is 12.9. The number of hydrogen-bond donors (Lipinski definition) is 3. The lowest BCUT2D eigenvalue weighted by atomic mass is 10.1. The molecule has 1 atom stereocenters. The normalized spacial score (nSPS) is 15.9. The van der Waals surface area contributed by atoms with Crippen molar-refractivity contribution in [2.45, 2.75) is 12.5 Å². The zero-order valence-electron chi connectivity index (χ0n) is 14.7. The highest BCUT2D eigenvalue weighted by Crippen LogP contribution is 2.31. The summed E-state index contributed by atoms with van der Waals surface area (Å²) in [4.78, 5) is 35.9. The molecule has 1 heterocycles. The van der Waals surface area contributed by atoms with Gasteiger partial charge in [-0.2, -0.15) is 0 Å². The minimum Gasteiger partial charge on any atom is -0.366 e. The van der Waals surface area contributed by atoms with Gasteiger partial charge in [0, 0.05) is 36.4 Å². The molecule has 2 aromatic carbocycles. The van der Waals surface area contributed by atoms with E-state index in [1.165, 1.54) is 36.4 Å². The highest BCUT2D eigenvalue weighted by atomic mass is 19.1. The number of anilines is 2. The van der Waals surface area contributed by atoms with Crippen LogP contribution in [-0.2, 0) is 0 Å². The number of carbonyl (C=O) groups excluding carboxylic acids is 2. The van der Waals surface area contributed by atoms with Crippen LogP contribution in [0.5, 0.6) is 0 Å². The van der Waals surface area contributed by atoms with E-state index in [0.717, 1.165) is 6.07 Å². The molecule has 0 bridgehead atoms. The fraction of sp³-hybridized carbons (Fsp3) is 0.222. The molecule has 28 heavy (non-hydrogen) atoms. The first-order valence-corrected chi connectivity index (χ1v) is 8.50. The van der Waals surface area contributed by atoms with Gasteiger partial charge in [-0.15, -0.1) is 0 Å². The van der Waals surface area contributed by atoms with Gasteiger partial charge in [-0.05, 0) is 42.8 Å². The molecule has 0 spiro atoms. The van der Waals surface area contributed by atoms with Crippen molar-refractivity contribution in [1.29, 1.82) is 0 Å². The standard InChI is InChI=1S/C18H18FN5O4/c19-12-2-4-13(5-3-12)21-18(26)22-14-7-8-23(10-14)15-6-1-11(17(20)25)9-16(15)24(27)28/h1-6,9,14H,7-8,10H2,(H2,20,25)(H2,21,22,26). The number of amides is 3. The van der Waals surface area contributed by atoms with Crippen LogP contribution in [0.4, 0.5) is 26.2 Å². The summed E-state index contributed by atoms with van der Waals surface area (Å²) < 4.78 is 12.9. The molecule has 0 aromatic heterocycles. The third kappa shape index (κ3) is 4.34. The molecule has 4 N–H and O–H groups in total. The molecule has 1 unspecified atom stereocenters. The number of urea groups is 1. The first-order chi connectivity index (χ1) is 13.3. The predicted octanol–water partition coefficient (Wildman–Crippen LogP) is 2.23. The first-order valence-electron chi connectivity index (χ1n) is 8.50. The average molecular weight is 387 g/mol. The quantitative estimate of drug-likeness (QED) is 0.535. The fourth-order valence-electron chi connectivity index (χ4n) is 3.07. The third-order valence-corrected chi connectivity index (χ3v) is 4.42. The second-order valence-electron chi connectivity index (χ2n) is 6.36. The number of benzene rings is 2. The summed E-state index contributed by atoms with van der Waals surface area (Å²) in [5.74, 6) is -1.14. The Labute approximate surface area is 159 Å². The van der Waals surface area contributed by atoms with Crippen LogP contribution in [0, 0.1) is 15.9 Å². The van der Waals surface area contributed by atoms with Gasteiger partial charge in [-0.25, -0.2) is 9.18 Å². The number of rotatable bonds is 5. The van der Waals surface area contributed by atoms with Crippen molar-refractivity contribution in [3.63, 3.8) is 0 Å². The maximum absolute atomic E-state index is 12.9. The van der Waals surface area contributed by atoms with Crippen LogP contribution in [0.2, 0.25) is 0 Å². The van der Waals surface area contributed by atoms with Crippen molar-refractivity contribution in [3.05, 3.63) is 64.0 Å². The molecule has 0 radical (unpaired) electrons. The molecule has 10 heteroatoms. The number of primary amides is 1. The second kappa shape index (κ2) is 7.91. The van der Waals surface area contributed by atoms with Gasteiger partial charge in [-0.1, -0.05) is 0 Å². The van der Waals surface area contributed by atoms with Gasteiger partial charge in [0.2, 0.25) is 5.91 Å². The summed E-state index contributed by atoms with van der Waals surface area (Å²) in [6, 6.07) is 8.77. The highest BCUT2D eigenvalue weighted by molar-refractivity contribution is 5.94. The minimum absolute atomic E-state index is 0.0583. The van der Waals surface area contributed by atoms with Gasteiger partial charge < -0.3 is 21.3 Å². The van der Waals surface area contributed by atoms with Crippen LogP contribution < -0.4 is 21.3 Å². The van der Waals surface area contributed by atoms with Crippen LogP contribution in [0.3, 0.4) is 0 Å². The van der Waals surface area contributed by atoms with Gasteiger partial charge >= 0.3 is 6.03 Å². The number of nitro groups is 1. The highest BCUT2D eigenvalue weighted by Gasteiger charge is 2.29. The fourth-order valence-corrected chi connectivity index (χ4v) is 3.07. The summed E-state index contributed by atoms with van der Waals surface area (Å²) in [6.07, 6.45) is 0.589. The number of carbonyl (C=O) groups is 2. The average Bonchev–Trinajstić information content (AvgIpc) is 3.11. The summed E-state index contributed by atoms with van der Waals surface area (Å²) in [5, 5.41) is 16.8. The molecule has 9 nitrogen and oxygen atoms in total. The molecule has 0 aliphatic carbocycles. The summed E-state index contributed by atoms with van der Waals surface area (Å²) >= 11 is 0. The van der Waals surface area contributed by atoms with Crippen molar-refractivity contribution < 1.29 is 18.9 Å². The van der Waals surface area contributed by atoms with Gasteiger partial charge in [0.05, 0.1) is 4.92 Å². The smallest absolute Gasteiger partial charge is 0.319 e. The Balaban J connectivity index is 1.65. The van der Waals surface area contributed by atoms with Crippen molar-refractivity contribution in [2.24, 2.45) is 5.73 Å². The van der Waals surface area contributed by atoms with E-state index in [1.807, 2.05) is 0 Å². The zero-order chi connectivity index (χ0) is 20.3. The Morgan fingerprint density at radius 1 is 1.21 bits per heavy atom. The van der Waals surface area contributed by atoms with E-state index in [-0.39, 0.29) is 17.3 Å². The molecule has 3 rings (SSSR count). The molecule has 1 aliphatic rings. The molecular weight excluding hydrogens is 369 g/mol. The Kier molecular flexibility index (Phi) is 5.39. The minimum atomic E-state index is -0.743. The van der Waals surface area contributed by atoms with E-state index in [1.54, 1.807) is 4.90 Å². The lowest BCUT2D eigenvalue weighted by molar-refractivity contribution is -0.384. The van der Waals surface area contributed by atoms with E-state index in [4.69, 9.17) is 5.73 Å². The maximum Gasteiger partial charge on any atom is 0.319 e. The Bertz CT molecular complexity index is 919.